The summed E-state index contributed by atoms with van der Waals surface area (Å²) in [7, 11) is 0. The molecular weight excluding hydrogens is 244 g/mol. The van der Waals surface area contributed by atoms with Gasteiger partial charge < -0.3 is 14.6 Å². The van der Waals surface area contributed by atoms with Crippen LogP contribution in [0.1, 0.15) is 0 Å². The largest absolute Gasteiger partial charge is 0.508 e. The fourth-order valence-corrected chi connectivity index (χ4v) is 1.96. The van der Waals surface area contributed by atoms with Crippen molar-refractivity contribution < 1.29 is 14.6 Å². The lowest BCUT2D eigenvalue weighted by molar-refractivity contribution is 0.475. The van der Waals surface area contributed by atoms with Crippen molar-refractivity contribution >= 4 is 11.0 Å². The van der Waals surface area contributed by atoms with Crippen LogP contribution in [0.3, 0.4) is 0 Å². The van der Waals surface area contributed by atoms with E-state index in [4.69, 9.17) is 4.42 Å². The number of rotatable bonds is 1. The van der Waals surface area contributed by atoms with Crippen LogP contribution >= 0.6 is 0 Å². The number of benzene rings is 2. The molecule has 94 valence electrons. The van der Waals surface area contributed by atoms with Crippen LogP contribution in [0.25, 0.3) is 22.3 Å². The Morgan fingerprint density at radius 2 is 1.68 bits per heavy atom. The van der Waals surface area contributed by atoms with Gasteiger partial charge in [0.1, 0.15) is 28.2 Å². The summed E-state index contributed by atoms with van der Waals surface area (Å²) >= 11 is 0. The first-order chi connectivity index (χ1) is 9.15. The lowest BCUT2D eigenvalue weighted by Gasteiger charge is -2.04. The molecular formula is C15H10O4. The molecule has 4 nitrogen and oxygen atoms in total. The third-order valence-corrected chi connectivity index (χ3v) is 2.88. The summed E-state index contributed by atoms with van der Waals surface area (Å²) in [5.74, 6) is 0.441. The summed E-state index contributed by atoms with van der Waals surface area (Å²) in [6.45, 7) is 0. The molecule has 0 unspecified atom stereocenters. The Balaban J connectivity index is 2.27. The Hall–Kier alpha value is -2.75. The number of hydrogen-bond donors (Lipinski definition) is 2. The van der Waals surface area contributed by atoms with Gasteiger partial charge in [-0.3, -0.25) is 4.79 Å². The number of phenols is 2. The molecule has 3 rings (SSSR count). The van der Waals surface area contributed by atoms with Crippen molar-refractivity contribution in [2.45, 2.75) is 0 Å². The van der Waals surface area contributed by atoms with Gasteiger partial charge in [0.15, 0.2) is 5.43 Å². The third-order valence-electron chi connectivity index (χ3n) is 2.88. The summed E-state index contributed by atoms with van der Waals surface area (Å²) in [5, 5.41) is 19.1. The molecule has 2 aromatic carbocycles. The van der Waals surface area contributed by atoms with E-state index in [1.807, 2.05) is 0 Å². The molecule has 3 aromatic rings. The highest BCUT2D eigenvalue weighted by Gasteiger charge is 2.09. The Morgan fingerprint density at radius 3 is 2.42 bits per heavy atom. The molecule has 0 aliphatic carbocycles. The minimum atomic E-state index is -0.303. The zero-order valence-corrected chi connectivity index (χ0v) is 9.83. The average molecular weight is 254 g/mol. The number of hydrogen-bond acceptors (Lipinski definition) is 4. The van der Waals surface area contributed by atoms with E-state index in [1.54, 1.807) is 24.3 Å². The summed E-state index contributed by atoms with van der Waals surface area (Å²) in [4.78, 5) is 12.0. The SMILES string of the molecule is O=c1cc(-c2ccc(O)cc2)oc2cccc(O)c12. The van der Waals surface area contributed by atoms with Crippen LogP contribution in [0.2, 0.25) is 0 Å². The van der Waals surface area contributed by atoms with Gasteiger partial charge >= 0.3 is 0 Å². The van der Waals surface area contributed by atoms with Crippen molar-refractivity contribution in [1.29, 1.82) is 0 Å². The Kier molecular flexibility index (Phi) is 2.49. The van der Waals surface area contributed by atoms with Crippen molar-refractivity contribution in [2.24, 2.45) is 0 Å². The smallest absolute Gasteiger partial charge is 0.197 e. The van der Waals surface area contributed by atoms with E-state index in [0.717, 1.165) is 0 Å². The molecule has 0 spiro atoms. The Bertz CT molecular complexity index is 800. The molecule has 0 aliphatic rings. The second-order valence-corrected chi connectivity index (χ2v) is 4.17. The first-order valence-corrected chi connectivity index (χ1v) is 5.70. The van der Waals surface area contributed by atoms with Gasteiger partial charge in [-0.15, -0.1) is 0 Å². The van der Waals surface area contributed by atoms with Gasteiger partial charge in [-0.1, -0.05) is 6.07 Å². The lowest BCUT2D eigenvalue weighted by Crippen LogP contribution is -2.00. The molecule has 4 heteroatoms. The highest BCUT2D eigenvalue weighted by atomic mass is 16.3. The highest BCUT2D eigenvalue weighted by Crippen LogP contribution is 2.27. The molecule has 0 amide bonds. The van der Waals surface area contributed by atoms with E-state index in [0.29, 0.717) is 16.9 Å². The van der Waals surface area contributed by atoms with E-state index in [1.165, 1.54) is 24.3 Å². The molecule has 2 N–H and O–H groups in total. The van der Waals surface area contributed by atoms with Crippen LogP contribution in [0.5, 0.6) is 11.5 Å². The van der Waals surface area contributed by atoms with Gasteiger partial charge in [0.2, 0.25) is 0 Å². The monoisotopic (exact) mass is 254 g/mol. The minimum absolute atomic E-state index is 0.0940. The van der Waals surface area contributed by atoms with Gasteiger partial charge in [-0.05, 0) is 36.4 Å². The fraction of sp³-hybridized carbons (Fsp3) is 0. The van der Waals surface area contributed by atoms with E-state index < -0.39 is 0 Å². The maximum atomic E-state index is 12.0. The summed E-state index contributed by atoms with van der Waals surface area (Å²) in [5.41, 5.74) is 0.707. The van der Waals surface area contributed by atoms with Crippen molar-refractivity contribution in [1.82, 2.24) is 0 Å². The Morgan fingerprint density at radius 1 is 0.947 bits per heavy atom. The minimum Gasteiger partial charge on any atom is -0.508 e. The number of aromatic hydroxyl groups is 2. The predicted molar refractivity (Wildman–Crippen MR) is 71.2 cm³/mol. The van der Waals surface area contributed by atoms with Crippen LogP contribution in [0.4, 0.5) is 0 Å². The number of phenolic OH excluding ortho intramolecular Hbond substituents is 2. The van der Waals surface area contributed by atoms with Crippen LogP contribution in [0, 0.1) is 0 Å². The average Bonchev–Trinajstić information content (AvgIpc) is 2.39. The van der Waals surface area contributed by atoms with E-state index in [-0.39, 0.29) is 22.3 Å². The maximum Gasteiger partial charge on any atom is 0.197 e. The molecule has 0 aliphatic heterocycles. The number of fused-ring (bicyclic) bond motifs is 1. The standard InChI is InChI=1S/C15H10O4/c16-10-6-4-9(5-7-10)14-8-12(18)15-11(17)2-1-3-13(15)19-14/h1-8,16-17H. The van der Waals surface area contributed by atoms with Gasteiger partial charge in [0, 0.05) is 11.6 Å². The zero-order valence-electron chi connectivity index (χ0n) is 9.83. The zero-order chi connectivity index (χ0) is 13.4. The van der Waals surface area contributed by atoms with Crippen LogP contribution < -0.4 is 5.43 Å². The first-order valence-electron chi connectivity index (χ1n) is 5.70. The van der Waals surface area contributed by atoms with Crippen LogP contribution in [0.15, 0.2) is 57.7 Å². The third kappa shape index (κ3) is 1.93. The van der Waals surface area contributed by atoms with E-state index in [2.05, 4.69) is 0 Å². The maximum absolute atomic E-state index is 12.0. The second kappa shape index (κ2) is 4.17. The molecule has 0 bridgehead atoms. The normalized spacial score (nSPS) is 10.7. The molecule has 1 aromatic heterocycles. The van der Waals surface area contributed by atoms with Gasteiger partial charge in [-0.2, -0.15) is 0 Å². The van der Waals surface area contributed by atoms with Crippen LogP contribution in [-0.2, 0) is 0 Å². The summed E-state index contributed by atoms with van der Waals surface area (Å²) in [6, 6.07) is 12.4. The quantitative estimate of drug-likeness (QED) is 0.700. The van der Waals surface area contributed by atoms with E-state index in [9.17, 15) is 15.0 Å². The first kappa shape index (κ1) is 11.3. The lowest BCUT2D eigenvalue weighted by atomic mass is 10.1. The molecule has 19 heavy (non-hydrogen) atoms. The molecule has 0 radical (unpaired) electrons. The van der Waals surface area contributed by atoms with Gasteiger partial charge in [0.05, 0.1) is 0 Å². The summed E-state index contributed by atoms with van der Waals surface area (Å²) in [6.07, 6.45) is 0. The van der Waals surface area contributed by atoms with Crippen molar-refractivity contribution in [3.05, 3.63) is 58.8 Å². The Labute approximate surface area is 108 Å². The van der Waals surface area contributed by atoms with Gasteiger partial charge in [0.25, 0.3) is 0 Å². The molecule has 0 saturated heterocycles. The van der Waals surface area contributed by atoms with Crippen molar-refractivity contribution in [3.63, 3.8) is 0 Å². The van der Waals surface area contributed by atoms with E-state index >= 15 is 0 Å². The molecule has 1 heterocycles. The molecule has 0 fully saturated rings. The van der Waals surface area contributed by atoms with Gasteiger partial charge in [-0.25, -0.2) is 0 Å². The summed E-state index contributed by atoms with van der Waals surface area (Å²) < 4.78 is 5.61. The van der Waals surface area contributed by atoms with Crippen molar-refractivity contribution in [2.75, 3.05) is 0 Å². The predicted octanol–water partition coefficient (Wildman–Crippen LogP) is 2.87. The van der Waals surface area contributed by atoms with Crippen molar-refractivity contribution in [3.8, 4) is 22.8 Å². The topological polar surface area (TPSA) is 70.7 Å². The molecule has 0 saturated carbocycles. The fourth-order valence-electron chi connectivity index (χ4n) is 1.96. The highest BCUT2D eigenvalue weighted by molar-refractivity contribution is 5.84. The van der Waals surface area contributed by atoms with Crippen LogP contribution in [-0.4, -0.2) is 10.2 Å². The molecule has 0 atom stereocenters. The second-order valence-electron chi connectivity index (χ2n) is 4.17.